The van der Waals surface area contributed by atoms with Crippen molar-refractivity contribution in [1.29, 1.82) is 0 Å². The summed E-state index contributed by atoms with van der Waals surface area (Å²) in [6.45, 7) is -0.342. The van der Waals surface area contributed by atoms with E-state index in [0.29, 0.717) is 31.7 Å². The van der Waals surface area contributed by atoms with E-state index in [1.54, 1.807) is 24.1 Å². The lowest BCUT2D eigenvalue weighted by Crippen LogP contribution is -2.43. The van der Waals surface area contributed by atoms with Crippen molar-refractivity contribution in [2.75, 3.05) is 39.5 Å². The van der Waals surface area contributed by atoms with Crippen LogP contribution < -0.4 is 4.74 Å². The molecular weight excluding hydrogens is 385 g/mol. The minimum Gasteiger partial charge on any atom is -0.494 e. The van der Waals surface area contributed by atoms with E-state index in [4.69, 9.17) is 4.74 Å². The molecular formula is C17H23F3N2O4S. The Kier molecular flexibility index (Phi) is 6.74. The summed E-state index contributed by atoms with van der Waals surface area (Å²) in [6.07, 6.45) is -2.37. The van der Waals surface area contributed by atoms with Gasteiger partial charge in [-0.15, -0.1) is 0 Å². The molecule has 152 valence electrons. The molecule has 0 aliphatic carbocycles. The summed E-state index contributed by atoms with van der Waals surface area (Å²) in [5.74, 6) is -0.0783. The van der Waals surface area contributed by atoms with Gasteiger partial charge in [0.25, 0.3) is 0 Å². The fourth-order valence-corrected chi connectivity index (χ4v) is 3.62. The van der Waals surface area contributed by atoms with E-state index in [0.717, 1.165) is 11.2 Å². The quantitative estimate of drug-likeness (QED) is 0.615. The Morgan fingerprint density at radius 3 is 2.67 bits per heavy atom. The molecule has 0 saturated carbocycles. The maximum atomic E-state index is 12.5. The smallest absolute Gasteiger partial charge is 0.406 e. The SMILES string of the molecule is CN(CCCOc1cccc(S(C)(=O)=O)c1)C1CCN(CC(F)(F)F)C1=O. The van der Waals surface area contributed by atoms with Crippen molar-refractivity contribution in [3.63, 3.8) is 0 Å². The van der Waals surface area contributed by atoms with E-state index in [1.807, 2.05) is 0 Å². The van der Waals surface area contributed by atoms with Gasteiger partial charge in [-0.2, -0.15) is 13.2 Å². The number of nitrogens with zero attached hydrogens (tertiary/aromatic N) is 2. The first-order valence-corrected chi connectivity index (χ1v) is 10.4. The Balaban J connectivity index is 1.78. The molecule has 1 aliphatic rings. The average Bonchev–Trinajstić information content (AvgIpc) is 2.90. The van der Waals surface area contributed by atoms with Gasteiger partial charge in [-0.3, -0.25) is 9.69 Å². The lowest BCUT2D eigenvalue weighted by Gasteiger charge is -2.24. The largest absolute Gasteiger partial charge is 0.494 e. The normalized spacial score (nSPS) is 18.4. The van der Waals surface area contributed by atoms with Crippen molar-refractivity contribution < 1.29 is 31.1 Å². The highest BCUT2D eigenvalue weighted by molar-refractivity contribution is 7.90. The molecule has 27 heavy (non-hydrogen) atoms. The van der Waals surface area contributed by atoms with Gasteiger partial charge in [0.2, 0.25) is 5.91 Å². The molecule has 10 heteroatoms. The Bertz CT molecular complexity index is 768. The van der Waals surface area contributed by atoms with Crippen molar-refractivity contribution in [2.45, 2.75) is 30.0 Å². The summed E-state index contributed by atoms with van der Waals surface area (Å²) in [6, 6.07) is 5.60. The topological polar surface area (TPSA) is 66.9 Å². The van der Waals surface area contributed by atoms with E-state index >= 15 is 0 Å². The number of carbonyl (C=O) groups is 1. The molecule has 1 heterocycles. The van der Waals surface area contributed by atoms with E-state index in [2.05, 4.69) is 0 Å². The molecule has 1 fully saturated rings. The zero-order valence-electron chi connectivity index (χ0n) is 15.2. The van der Waals surface area contributed by atoms with Crippen LogP contribution in [0, 0.1) is 0 Å². The van der Waals surface area contributed by atoms with Crippen LogP contribution in [-0.4, -0.2) is 75.9 Å². The number of ether oxygens (including phenoxy) is 1. The molecule has 0 aromatic heterocycles. The summed E-state index contributed by atoms with van der Waals surface area (Å²) in [5, 5.41) is 0. The number of rotatable bonds is 8. The van der Waals surface area contributed by atoms with Crippen molar-refractivity contribution >= 4 is 15.7 Å². The first-order valence-electron chi connectivity index (χ1n) is 8.46. The molecule has 1 unspecified atom stereocenters. The number of amides is 1. The third-order valence-electron chi connectivity index (χ3n) is 4.33. The highest BCUT2D eigenvalue weighted by Crippen LogP contribution is 2.23. The molecule has 0 bridgehead atoms. The van der Waals surface area contributed by atoms with Gasteiger partial charge in [0.05, 0.1) is 17.5 Å². The third-order valence-corrected chi connectivity index (χ3v) is 5.44. The number of likely N-dealkylation sites (N-methyl/N-ethyl adjacent to an activating group) is 1. The van der Waals surface area contributed by atoms with Crippen molar-refractivity contribution in [3.05, 3.63) is 24.3 Å². The van der Waals surface area contributed by atoms with Crippen LogP contribution >= 0.6 is 0 Å². The highest BCUT2D eigenvalue weighted by Gasteiger charge is 2.40. The zero-order chi connectivity index (χ0) is 20.2. The van der Waals surface area contributed by atoms with Crippen molar-refractivity contribution in [1.82, 2.24) is 9.80 Å². The minimum atomic E-state index is -4.39. The number of hydrogen-bond acceptors (Lipinski definition) is 5. The van der Waals surface area contributed by atoms with E-state index in [1.165, 1.54) is 12.1 Å². The maximum absolute atomic E-state index is 12.5. The number of likely N-dealkylation sites (tertiary alicyclic amines) is 1. The average molecular weight is 408 g/mol. The number of carbonyl (C=O) groups excluding carboxylic acids is 1. The van der Waals surface area contributed by atoms with Crippen molar-refractivity contribution in [2.24, 2.45) is 0 Å². The molecule has 1 saturated heterocycles. The van der Waals surface area contributed by atoms with Gasteiger partial charge in [-0.05, 0) is 38.1 Å². The summed E-state index contributed by atoms with van der Waals surface area (Å²) in [5.41, 5.74) is 0. The van der Waals surface area contributed by atoms with Gasteiger partial charge in [0.15, 0.2) is 9.84 Å². The number of hydrogen-bond donors (Lipinski definition) is 0. The zero-order valence-corrected chi connectivity index (χ0v) is 16.0. The molecule has 2 rings (SSSR count). The predicted octanol–water partition coefficient (Wildman–Crippen LogP) is 1.95. The fraction of sp³-hybridized carbons (Fsp3) is 0.588. The summed E-state index contributed by atoms with van der Waals surface area (Å²) in [4.78, 5) is 14.8. The summed E-state index contributed by atoms with van der Waals surface area (Å²) in [7, 11) is -1.62. The number of sulfone groups is 1. The summed E-state index contributed by atoms with van der Waals surface area (Å²) < 4.78 is 66.0. The number of benzene rings is 1. The maximum Gasteiger partial charge on any atom is 0.406 e. The van der Waals surface area contributed by atoms with Crippen LogP contribution in [0.4, 0.5) is 13.2 Å². The second-order valence-corrected chi connectivity index (χ2v) is 8.62. The van der Waals surface area contributed by atoms with Gasteiger partial charge in [0, 0.05) is 19.3 Å². The van der Waals surface area contributed by atoms with E-state index < -0.39 is 34.5 Å². The van der Waals surface area contributed by atoms with Gasteiger partial charge >= 0.3 is 6.18 Å². The monoisotopic (exact) mass is 408 g/mol. The second kappa shape index (κ2) is 8.47. The molecule has 1 atom stereocenters. The molecule has 0 radical (unpaired) electrons. The lowest BCUT2D eigenvalue weighted by atomic mass is 10.2. The first kappa shape index (κ1) is 21.5. The Morgan fingerprint density at radius 2 is 2.04 bits per heavy atom. The van der Waals surface area contributed by atoms with Crippen LogP contribution in [0.5, 0.6) is 5.75 Å². The Hall–Kier alpha value is -1.81. The van der Waals surface area contributed by atoms with Gasteiger partial charge in [-0.25, -0.2) is 8.42 Å². The number of alkyl halides is 3. The van der Waals surface area contributed by atoms with Gasteiger partial charge in [-0.1, -0.05) is 6.07 Å². The highest BCUT2D eigenvalue weighted by atomic mass is 32.2. The van der Waals surface area contributed by atoms with Crippen molar-refractivity contribution in [3.8, 4) is 5.75 Å². The predicted molar refractivity (Wildman–Crippen MR) is 93.3 cm³/mol. The van der Waals surface area contributed by atoms with Crippen LogP contribution in [-0.2, 0) is 14.6 Å². The summed E-state index contributed by atoms with van der Waals surface area (Å²) >= 11 is 0. The van der Waals surface area contributed by atoms with Crippen LogP contribution in [0.2, 0.25) is 0 Å². The standard InChI is InChI=1S/C17H23F3N2O4S/c1-21(15-7-9-22(16(15)23)12-17(18,19)20)8-4-10-26-13-5-3-6-14(11-13)27(2,24)25/h3,5-6,11,15H,4,7-10,12H2,1-2H3. The number of halogens is 3. The molecule has 1 aromatic carbocycles. The van der Waals surface area contributed by atoms with E-state index in [9.17, 15) is 26.4 Å². The van der Waals surface area contributed by atoms with Crippen LogP contribution in [0.25, 0.3) is 0 Å². The minimum absolute atomic E-state index is 0.0993. The third kappa shape index (κ3) is 6.39. The molecule has 0 N–H and O–H groups in total. The van der Waals surface area contributed by atoms with Gasteiger partial charge < -0.3 is 9.64 Å². The van der Waals surface area contributed by atoms with Crippen LogP contribution in [0.3, 0.4) is 0 Å². The molecule has 6 nitrogen and oxygen atoms in total. The first-order chi connectivity index (χ1) is 12.5. The Labute approximate surface area is 156 Å². The fourth-order valence-electron chi connectivity index (χ4n) is 2.96. The molecule has 1 amide bonds. The second-order valence-electron chi connectivity index (χ2n) is 6.61. The van der Waals surface area contributed by atoms with Gasteiger partial charge in [0.1, 0.15) is 12.3 Å². The molecule has 1 aromatic rings. The Morgan fingerprint density at radius 1 is 1.33 bits per heavy atom. The van der Waals surface area contributed by atoms with E-state index in [-0.39, 0.29) is 11.4 Å². The molecule has 0 spiro atoms. The lowest BCUT2D eigenvalue weighted by molar-refractivity contribution is -0.158. The van der Waals surface area contributed by atoms with Crippen LogP contribution in [0.1, 0.15) is 12.8 Å². The van der Waals surface area contributed by atoms with Crippen LogP contribution in [0.15, 0.2) is 29.2 Å². The molecule has 1 aliphatic heterocycles.